The lowest BCUT2D eigenvalue weighted by atomic mass is 10.2. The zero-order valence-corrected chi connectivity index (χ0v) is 13.7. The smallest absolute Gasteiger partial charge is 0.419 e. The molecule has 0 saturated carbocycles. The quantitative estimate of drug-likeness (QED) is 0.373. The van der Waals surface area contributed by atoms with Crippen molar-refractivity contribution in [3.8, 4) is 5.75 Å². The fraction of sp³-hybridized carbons (Fsp3) is 0.333. The standard InChI is InChI=1S/C15H15F3N4O2S/c16-15(17,18)10-3-1-2-4-11(10)24-9-5-6-22(8-9)14-20-7-12(25-14)13(19)21-23/h1-4,7,9,23H,5-6,8H2,(H2,19,21)/t9-/m0/s1. The van der Waals surface area contributed by atoms with E-state index in [9.17, 15) is 13.2 Å². The molecule has 1 aromatic heterocycles. The molecule has 25 heavy (non-hydrogen) atoms. The third-order valence-electron chi connectivity index (χ3n) is 3.76. The highest BCUT2D eigenvalue weighted by Gasteiger charge is 2.35. The van der Waals surface area contributed by atoms with Crippen LogP contribution in [0.15, 0.2) is 35.6 Å². The third kappa shape index (κ3) is 3.78. The lowest BCUT2D eigenvalue weighted by molar-refractivity contribution is -0.139. The summed E-state index contributed by atoms with van der Waals surface area (Å²) in [4.78, 5) is 6.62. The number of halogens is 3. The Morgan fingerprint density at radius 3 is 2.88 bits per heavy atom. The van der Waals surface area contributed by atoms with Gasteiger partial charge in [0, 0.05) is 13.0 Å². The highest BCUT2D eigenvalue weighted by molar-refractivity contribution is 7.17. The molecule has 1 aliphatic heterocycles. The number of aromatic nitrogens is 1. The molecule has 0 bridgehead atoms. The zero-order chi connectivity index (χ0) is 18.0. The van der Waals surface area contributed by atoms with Gasteiger partial charge in [0.15, 0.2) is 11.0 Å². The molecule has 0 unspecified atom stereocenters. The van der Waals surface area contributed by atoms with Gasteiger partial charge in [-0.3, -0.25) is 0 Å². The summed E-state index contributed by atoms with van der Waals surface area (Å²) in [6, 6.07) is 5.18. The Hall–Kier alpha value is -2.49. The molecule has 1 aromatic carbocycles. The topological polar surface area (TPSA) is 84.0 Å². The molecule has 134 valence electrons. The largest absolute Gasteiger partial charge is 0.488 e. The number of hydrogen-bond donors (Lipinski definition) is 2. The van der Waals surface area contributed by atoms with Crippen LogP contribution in [0.5, 0.6) is 5.75 Å². The van der Waals surface area contributed by atoms with Gasteiger partial charge in [0.1, 0.15) is 11.9 Å². The van der Waals surface area contributed by atoms with Crippen molar-refractivity contribution in [3.05, 3.63) is 40.9 Å². The van der Waals surface area contributed by atoms with Gasteiger partial charge in [-0.15, -0.1) is 0 Å². The SMILES string of the molecule is NC(=NO)c1cnc(N2CC[C@H](Oc3ccccc3C(F)(F)F)C2)s1. The molecule has 0 amide bonds. The van der Waals surface area contributed by atoms with Gasteiger partial charge >= 0.3 is 6.18 Å². The maximum Gasteiger partial charge on any atom is 0.419 e. The van der Waals surface area contributed by atoms with Gasteiger partial charge in [-0.05, 0) is 12.1 Å². The number of thiazole rings is 1. The van der Waals surface area contributed by atoms with Crippen LogP contribution in [0.1, 0.15) is 16.9 Å². The Morgan fingerprint density at radius 1 is 1.40 bits per heavy atom. The number of anilines is 1. The molecule has 2 heterocycles. The first kappa shape index (κ1) is 17.3. The van der Waals surface area contributed by atoms with E-state index in [4.69, 9.17) is 15.7 Å². The molecular weight excluding hydrogens is 357 g/mol. The number of nitrogens with two attached hydrogens (primary N) is 1. The molecule has 3 rings (SSSR count). The van der Waals surface area contributed by atoms with E-state index in [2.05, 4.69) is 10.1 Å². The van der Waals surface area contributed by atoms with Crippen molar-refractivity contribution in [1.29, 1.82) is 0 Å². The van der Waals surface area contributed by atoms with Crippen LogP contribution in [0.2, 0.25) is 0 Å². The predicted octanol–water partition coefficient (Wildman–Crippen LogP) is 2.91. The van der Waals surface area contributed by atoms with E-state index < -0.39 is 11.7 Å². The molecule has 3 N–H and O–H groups in total. The first-order valence-corrected chi connectivity index (χ1v) is 8.21. The van der Waals surface area contributed by atoms with E-state index in [1.54, 1.807) is 0 Å². The fourth-order valence-corrected chi connectivity index (χ4v) is 3.41. The number of nitrogens with zero attached hydrogens (tertiary/aromatic N) is 3. The molecule has 0 radical (unpaired) electrons. The van der Waals surface area contributed by atoms with Crippen molar-refractivity contribution in [2.45, 2.75) is 18.7 Å². The average Bonchev–Trinajstić information content (AvgIpc) is 3.22. The summed E-state index contributed by atoms with van der Waals surface area (Å²) in [7, 11) is 0. The van der Waals surface area contributed by atoms with Crippen molar-refractivity contribution in [2.24, 2.45) is 10.9 Å². The van der Waals surface area contributed by atoms with Gasteiger partial charge in [-0.25, -0.2) is 4.98 Å². The van der Waals surface area contributed by atoms with Crippen molar-refractivity contribution in [2.75, 3.05) is 18.0 Å². The summed E-state index contributed by atoms with van der Waals surface area (Å²) >= 11 is 1.24. The first-order valence-electron chi connectivity index (χ1n) is 7.40. The Bertz CT molecular complexity index is 778. The molecule has 10 heteroatoms. The van der Waals surface area contributed by atoms with E-state index in [-0.39, 0.29) is 17.7 Å². The van der Waals surface area contributed by atoms with Crippen molar-refractivity contribution >= 4 is 22.3 Å². The lowest BCUT2D eigenvalue weighted by Crippen LogP contribution is -2.25. The van der Waals surface area contributed by atoms with Gasteiger partial charge in [-0.2, -0.15) is 13.2 Å². The summed E-state index contributed by atoms with van der Waals surface area (Å²) in [5.41, 5.74) is 4.73. The van der Waals surface area contributed by atoms with Crippen molar-refractivity contribution in [3.63, 3.8) is 0 Å². The third-order valence-corrected chi connectivity index (χ3v) is 4.84. The van der Waals surface area contributed by atoms with Crippen molar-refractivity contribution in [1.82, 2.24) is 4.98 Å². The van der Waals surface area contributed by atoms with E-state index in [0.29, 0.717) is 29.5 Å². The summed E-state index contributed by atoms with van der Waals surface area (Å²) in [6.07, 6.45) is -2.77. The number of ether oxygens (including phenoxy) is 1. The van der Waals surface area contributed by atoms with Gasteiger partial charge in [-0.1, -0.05) is 28.6 Å². The minimum absolute atomic E-state index is 0.0325. The lowest BCUT2D eigenvalue weighted by Gasteiger charge is -2.19. The minimum Gasteiger partial charge on any atom is -0.488 e. The van der Waals surface area contributed by atoms with E-state index in [1.165, 1.54) is 35.7 Å². The van der Waals surface area contributed by atoms with Crippen molar-refractivity contribution < 1.29 is 23.1 Å². The molecule has 1 atom stereocenters. The summed E-state index contributed by atoms with van der Waals surface area (Å²) in [6.45, 7) is 1.01. The fourth-order valence-electron chi connectivity index (χ4n) is 2.56. The summed E-state index contributed by atoms with van der Waals surface area (Å²) < 4.78 is 44.7. The van der Waals surface area contributed by atoms with Crippen LogP contribution < -0.4 is 15.4 Å². The molecule has 0 spiro atoms. The van der Waals surface area contributed by atoms with Gasteiger partial charge in [0.05, 0.1) is 23.2 Å². The number of oxime groups is 1. The molecule has 0 aliphatic carbocycles. The molecule has 2 aromatic rings. The van der Waals surface area contributed by atoms with Crippen LogP contribution >= 0.6 is 11.3 Å². The monoisotopic (exact) mass is 372 g/mol. The van der Waals surface area contributed by atoms with Crippen LogP contribution in [0.4, 0.5) is 18.3 Å². The zero-order valence-electron chi connectivity index (χ0n) is 12.9. The van der Waals surface area contributed by atoms with Gasteiger partial charge in [0.25, 0.3) is 0 Å². The Kier molecular flexibility index (Phi) is 4.71. The van der Waals surface area contributed by atoms with Crippen LogP contribution in [0.25, 0.3) is 0 Å². The molecule has 1 saturated heterocycles. The molecule has 1 fully saturated rings. The highest BCUT2D eigenvalue weighted by Crippen LogP contribution is 2.37. The second-order valence-corrected chi connectivity index (χ2v) is 6.47. The second-order valence-electron chi connectivity index (χ2n) is 5.46. The first-order chi connectivity index (χ1) is 11.9. The molecule has 1 aliphatic rings. The average molecular weight is 372 g/mol. The van der Waals surface area contributed by atoms with Crippen LogP contribution in [-0.4, -0.2) is 35.2 Å². The normalized spacial score (nSPS) is 18.6. The highest BCUT2D eigenvalue weighted by atomic mass is 32.1. The van der Waals surface area contributed by atoms with Gasteiger partial charge in [0.2, 0.25) is 0 Å². The Labute approximate surface area is 145 Å². The Morgan fingerprint density at radius 2 is 2.16 bits per heavy atom. The van der Waals surface area contributed by atoms with Crippen LogP contribution in [0.3, 0.4) is 0 Å². The predicted molar refractivity (Wildman–Crippen MR) is 87.3 cm³/mol. The number of amidine groups is 1. The summed E-state index contributed by atoms with van der Waals surface area (Å²) in [5, 5.41) is 12.2. The maximum atomic E-state index is 13.0. The summed E-state index contributed by atoms with van der Waals surface area (Å²) in [5.74, 6) is -0.201. The molecular formula is C15H15F3N4O2S. The number of alkyl halides is 3. The number of para-hydroxylation sites is 1. The molecule has 6 nitrogen and oxygen atoms in total. The maximum absolute atomic E-state index is 13.0. The number of benzene rings is 1. The van der Waals surface area contributed by atoms with Crippen LogP contribution in [-0.2, 0) is 6.18 Å². The van der Waals surface area contributed by atoms with Gasteiger partial charge < -0.3 is 20.6 Å². The second kappa shape index (κ2) is 6.79. The number of hydrogen-bond acceptors (Lipinski definition) is 6. The number of rotatable bonds is 4. The van der Waals surface area contributed by atoms with Crippen LogP contribution in [0, 0.1) is 0 Å². The minimum atomic E-state index is -4.46. The van der Waals surface area contributed by atoms with E-state index in [1.807, 2.05) is 4.90 Å². The van der Waals surface area contributed by atoms with E-state index >= 15 is 0 Å². The van der Waals surface area contributed by atoms with E-state index in [0.717, 1.165) is 6.07 Å². The Balaban J connectivity index is 1.69.